The Morgan fingerprint density at radius 3 is 2.56 bits per heavy atom. The van der Waals surface area contributed by atoms with Crippen LogP contribution in [0.5, 0.6) is 0 Å². The summed E-state index contributed by atoms with van der Waals surface area (Å²) in [6.07, 6.45) is 3.48. The molecule has 1 amide bonds. The molecule has 3 aromatic rings. The van der Waals surface area contributed by atoms with E-state index in [0.29, 0.717) is 43.2 Å². The Kier molecular flexibility index (Phi) is 5.41. The quantitative estimate of drug-likeness (QED) is 0.540. The van der Waals surface area contributed by atoms with Crippen LogP contribution in [-0.2, 0) is 14.8 Å². The van der Waals surface area contributed by atoms with Crippen LogP contribution in [0.1, 0.15) is 42.2 Å². The molecule has 2 aromatic carbocycles. The van der Waals surface area contributed by atoms with Gasteiger partial charge < -0.3 is 9.80 Å². The lowest BCUT2D eigenvalue weighted by molar-refractivity contribution is -0.138. The van der Waals surface area contributed by atoms with Gasteiger partial charge in [0.25, 0.3) is 10.0 Å². The summed E-state index contributed by atoms with van der Waals surface area (Å²) in [7, 11) is -3.63. The number of piperidine rings is 2. The molecule has 7 nitrogen and oxygen atoms in total. The maximum absolute atomic E-state index is 13.4. The maximum Gasteiger partial charge on any atom is 0.285 e. The number of fused-ring (bicyclic) bond motifs is 2. The molecule has 0 unspecified atom stereocenters. The topological polar surface area (TPSA) is 82.9 Å². The fourth-order valence-corrected chi connectivity index (χ4v) is 7.68. The van der Waals surface area contributed by atoms with Crippen molar-refractivity contribution in [3.05, 3.63) is 59.1 Å². The summed E-state index contributed by atoms with van der Waals surface area (Å²) in [5.41, 5.74) is 1.71. The van der Waals surface area contributed by atoms with Crippen LogP contribution in [0.3, 0.4) is 0 Å². The van der Waals surface area contributed by atoms with Crippen molar-refractivity contribution in [2.75, 3.05) is 26.2 Å². The number of benzene rings is 2. The van der Waals surface area contributed by atoms with E-state index in [4.69, 9.17) is 4.98 Å². The zero-order valence-corrected chi connectivity index (χ0v) is 20.4. The van der Waals surface area contributed by atoms with E-state index in [1.54, 1.807) is 23.5 Å². The lowest BCUT2D eigenvalue weighted by Gasteiger charge is -2.38. The molecule has 0 saturated carbocycles. The molecule has 1 atom stereocenters. The molecule has 2 saturated heterocycles. The Hall–Kier alpha value is -2.78. The van der Waals surface area contributed by atoms with Crippen molar-refractivity contribution in [1.29, 1.82) is 0 Å². The molecule has 176 valence electrons. The van der Waals surface area contributed by atoms with Crippen molar-refractivity contribution < 1.29 is 13.2 Å². The van der Waals surface area contributed by atoms with Crippen LogP contribution in [0.2, 0.25) is 0 Å². The van der Waals surface area contributed by atoms with Gasteiger partial charge in [-0.1, -0.05) is 24.3 Å². The third-order valence-electron chi connectivity index (χ3n) is 7.15. The first-order chi connectivity index (χ1) is 16.5. The van der Waals surface area contributed by atoms with Gasteiger partial charge in [0.15, 0.2) is 5.84 Å². The summed E-state index contributed by atoms with van der Waals surface area (Å²) in [4.78, 5) is 22.6. The number of amides is 1. The van der Waals surface area contributed by atoms with E-state index in [9.17, 15) is 13.2 Å². The zero-order chi connectivity index (χ0) is 23.3. The number of hydrogen-bond donors (Lipinski definition) is 0. The maximum atomic E-state index is 13.4. The molecule has 2 fully saturated rings. The monoisotopic (exact) mass is 494 g/mol. The first-order valence-electron chi connectivity index (χ1n) is 11.8. The van der Waals surface area contributed by atoms with Crippen molar-refractivity contribution in [2.24, 2.45) is 10.3 Å². The minimum absolute atomic E-state index is 0.0285. The van der Waals surface area contributed by atoms with Gasteiger partial charge in [0.05, 0.1) is 15.2 Å². The van der Waals surface area contributed by atoms with Crippen LogP contribution >= 0.6 is 11.3 Å². The standard InChI is InChI=1S/C25H26N4O3S2/c30-25(29-13-5-6-18(16-29)24-26-20-8-2-3-9-21(20)33-24)17-11-14-28(15-12-17)23-19-7-1-4-10-22(19)34(31,32)27-23/h1-4,7-10,17-18H,5-6,11-16H2/t18-/m0/s1. The van der Waals surface area contributed by atoms with Crippen molar-refractivity contribution in [2.45, 2.75) is 36.5 Å². The highest BCUT2D eigenvalue weighted by atomic mass is 32.2. The molecule has 6 rings (SSSR count). The highest BCUT2D eigenvalue weighted by molar-refractivity contribution is 7.90. The second-order valence-electron chi connectivity index (χ2n) is 9.29. The molecule has 4 heterocycles. The van der Waals surface area contributed by atoms with Gasteiger partial charge in [0, 0.05) is 43.6 Å². The second kappa shape index (κ2) is 8.46. The van der Waals surface area contributed by atoms with Gasteiger partial charge in [-0.05, 0) is 49.9 Å². The first kappa shape index (κ1) is 21.7. The van der Waals surface area contributed by atoms with Crippen LogP contribution in [0.25, 0.3) is 10.2 Å². The average Bonchev–Trinajstić information content (AvgIpc) is 3.43. The highest BCUT2D eigenvalue weighted by Gasteiger charge is 2.36. The molecule has 0 radical (unpaired) electrons. The molecule has 34 heavy (non-hydrogen) atoms. The van der Waals surface area contributed by atoms with Gasteiger partial charge in [-0.25, -0.2) is 4.98 Å². The van der Waals surface area contributed by atoms with Gasteiger partial charge in [0.1, 0.15) is 4.90 Å². The van der Waals surface area contributed by atoms with E-state index >= 15 is 0 Å². The van der Waals surface area contributed by atoms with Gasteiger partial charge in [-0.2, -0.15) is 8.42 Å². The van der Waals surface area contributed by atoms with Gasteiger partial charge in [-0.3, -0.25) is 4.79 Å². The fraction of sp³-hybridized carbons (Fsp3) is 0.400. The highest BCUT2D eigenvalue weighted by Crippen LogP contribution is 2.35. The predicted octanol–water partition coefficient (Wildman–Crippen LogP) is 3.86. The summed E-state index contributed by atoms with van der Waals surface area (Å²) in [6, 6.07) is 15.2. The van der Waals surface area contributed by atoms with Crippen LogP contribution in [0, 0.1) is 5.92 Å². The van der Waals surface area contributed by atoms with Gasteiger partial charge in [-0.15, -0.1) is 15.7 Å². The van der Waals surface area contributed by atoms with E-state index in [2.05, 4.69) is 10.5 Å². The van der Waals surface area contributed by atoms with E-state index < -0.39 is 10.0 Å². The van der Waals surface area contributed by atoms with Crippen molar-refractivity contribution in [3.63, 3.8) is 0 Å². The van der Waals surface area contributed by atoms with Crippen molar-refractivity contribution in [1.82, 2.24) is 14.8 Å². The number of aromatic nitrogens is 1. The number of amidine groups is 1. The Balaban J connectivity index is 1.12. The number of carbonyl (C=O) groups is 1. The molecule has 3 aliphatic rings. The van der Waals surface area contributed by atoms with E-state index in [1.807, 2.05) is 40.1 Å². The number of sulfonamides is 1. The molecular formula is C25H26N4O3S2. The van der Waals surface area contributed by atoms with Crippen LogP contribution in [0.15, 0.2) is 57.8 Å². The molecule has 3 aliphatic heterocycles. The Morgan fingerprint density at radius 2 is 1.74 bits per heavy atom. The smallest absolute Gasteiger partial charge is 0.285 e. The van der Waals surface area contributed by atoms with E-state index in [-0.39, 0.29) is 16.7 Å². The summed E-state index contributed by atoms with van der Waals surface area (Å²) < 4.78 is 30.1. The normalized spacial score (nSPS) is 22.6. The Morgan fingerprint density at radius 1 is 0.971 bits per heavy atom. The SMILES string of the molecule is O=C(C1CCN(C2=NS(=O)(=O)c3ccccc32)CC1)N1CCC[C@H](c2nc3ccccc3s2)C1. The summed E-state index contributed by atoms with van der Waals surface area (Å²) in [5.74, 6) is 1.02. The molecule has 0 aliphatic carbocycles. The van der Waals surface area contributed by atoms with Crippen LogP contribution < -0.4 is 0 Å². The number of likely N-dealkylation sites (tertiary alicyclic amines) is 2. The number of carbonyl (C=O) groups excluding carboxylic acids is 1. The Bertz CT molecular complexity index is 1360. The Labute approximate surface area is 203 Å². The summed E-state index contributed by atoms with van der Waals surface area (Å²) in [5, 5.41) is 1.13. The molecular weight excluding hydrogens is 468 g/mol. The second-order valence-corrected chi connectivity index (χ2v) is 11.9. The molecule has 0 spiro atoms. The first-order valence-corrected chi connectivity index (χ1v) is 14.1. The number of nitrogens with zero attached hydrogens (tertiary/aromatic N) is 4. The van der Waals surface area contributed by atoms with Crippen LogP contribution in [-0.4, -0.2) is 61.1 Å². The van der Waals surface area contributed by atoms with Crippen molar-refractivity contribution >= 4 is 43.3 Å². The lowest BCUT2D eigenvalue weighted by atomic mass is 9.92. The minimum atomic E-state index is -3.63. The largest absolute Gasteiger partial charge is 0.355 e. The van der Waals surface area contributed by atoms with Gasteiger partial charge >= 0.3 is 0 Å². The molecule has 0 N–H and O–H groups in total. The molecule has 0 bridgehead atoms. The lowest BCUT2D eigenvalue weighted by Crippen LogP contribution is -2.46. The number of thiazole rings is 1. The summed E-state index contributed by atoms with van der Waals surface area (Å²) in [6.45, 7) is 2.80. The molecule has 1 aromatic heterocycles. The zero-order valence-electron chi connectivity index (χ0n) is 18.8. The predicted molar refractivity (Wildman–Crippen MR) is 133 cm³/mol. The third-order valence-corrected chi connectivity index (χ3v) is 9.67. The molecule has 9 heteroatoms. The van der Waals surface area contributed by atoms with Crippen molar-refractivity contribution in [3.8, 4) is 0 Å². The average molecular weight is 495 g/mol. The van der Waals surface area contributed by atoms with Gasteiger partial charge in [0.2, 0.25) is 5.91 Å². The van der Waals surface area contributed by atoms with E-state index in [0.717, 1.165) is 36.5 Å². The summed E-state index contributed by atoms with van der Waals surface area (Å²) >= 11 is 1.74. The third kappa shape index (κ3) is 3.80. The number of rotatable bonds is 2. The van der Waals surface area contributed by atoms with E-state index in [1.165, 1.54) is 4.70 Å². The number of hydrogen-bond acceptors (Lipinski definition) is 6. The van der Waals surface area contributed by atoms with Crippen LogP contribution in [0.4, 0.5) is 0 Å². The fourth-order valence-electron chi connectivity index (χ4n) is 5.36. The number of para-hydroxylation sites is 1. The minimum Gasteiger partial charge on any atom is -0.355 e.